The van der Waals surface area contributed by atoms with Crippen LogP contribution >= 0.6 is 15.9 Å². The monoisotopic (exact) mass is 355 g/mol. The predicted molar refractivity (Wildman–Crippen MR) is 89.8 cm³/mol. The Morgan fingerprint density at radius 2 is 2.14 bits per heavy atom. The summed E-state index contributed by atoms with van der Waals surface area (Å²) in [6.07, 6.45) is 4.92. The summed E-state index contributed by atoms with van der Waals surface area (Å²) in [5.74, 6) is 0.564. The van der Waals surface area contributed by atoms with Crippen LogP contribution in [0.1, 0.15) is 37.2 Å². The molecule has 1 atom stereocenters. The molecule has 0 radical (unpaired) electrons. The van der Waals surface area contributed by atoms with E-state index in [2.05, 4.69) is 45.5 Å². The lowest BCUT2D eigenvalue weighted by Crippen LogP contribution is -2.24. The van der Waals surface area contributed by atoms with Crippen LogP contribution in [0.25, 0.3) is 0 Å². The first-order valence-corrected chi connectivity index (χ1v) is 8.64. The summed E-state index contributed by atoms with van der Waals surface area (Å²) in [6.45, 7) is 3.26. The van der Waals surface area contributed by atoms with Crippen LogP contribution in [0.5, 0.6) is 0 Å². The molecule has 4 heteroatoms. The van der Waals surface area contributed by atoms with E-state index >= 15 is 0 Å². The van der Waals surface area contributed by atoms with E-state index in [1.165, 1.54) is 18.4 Å². The Morgan fingerprint density at radius 1 is 1.29 bits per heavy atom. The third kappa shape index (κ3) is 6.92. The molecular weight excluding hydrogens is 330 g/mol. The molecule has 1 unspecified atom stereocenters. The first-order valence-electron chi connectivity index (χ1n) is 7.85. The van der Waals surface area contributed by atoms with Crippen LogP contribution in [-0.4, -0.2) is 39.5 Å². The third-order valence-electron chi connectivity index (χ3n) is 3.82. The van der Waals surface area contributed by atoms with E-state index in [1.54, 1.807) is 7.11 Å². The molecule has 2 rings (SSSR count). The summed E-state index contributed by atoms with van der Waals surface area (Å²) >= 11 is 3.57. The van der Waals surface area contributed by atoms with E-state index in [4.69, 9.17) is 9.47 Å². The molecule has 0 saturated heterocycles. The van der Waals surface area contributed by atoms with Gasteiger partial charge < -0.3 is 14.8 Å². The van der Waals surface area contributed by atoms with Crippen LogP contribution in [0.3, 0.4) is 0 Å². The molecular formula is C17H26BrNO2. The second-order valence-electron chi connectivity index (χ2n) is 5.68. The molecule has 1 saturated carbocycles. The SMILES string of the molecule is COCCOCCCC(CNC1CC1)c1cccc(Br)c1. The summed E-state index contributed by atoms with van der Waals surface area (Å²) in [6, 6.07) is 9.44. The van der Waals surface area contributed by atoms with E-state index in [1.807, 2.05) is 0 Å². The van der Waals surface area contributed by atoms with Crippen LogP contribution in [-0.2, 0) is 9.47 Å². The lowest BCUT2D eigenvalue weighted by molar-refractivity contribution is 0.0681. The zero-order valence-electron chi connectivity index (χ0n) is 12.8. The lowest BCUT2D eigenvalue weighted by atomic mass is 9.94. The first kappa shape index (κ1) is 16.9. The molecule has 1 aliphatic carbocycles. The molecule has 1 aromatic carbocycles. The molecule has 21 heavy (non-hydrogen) atoms. The summed E-state index contributed by atoms with van der Waals surface area (Å²) in [7, 11) is 1.70. The molecule has 0 heterocycles. The summed E-state index contributed by atoms with van der Waals surface area (Å²) in [5, 5.41) is 3.66. The van der Waals surface area contributed by atoms with E-state index in [-0.39, 0.29) is 0 Å². The number of rotatable bonds is 11. The van der Waals surface area contributed by atoms with Crippen LogP contribution < -0.4 is 5.32 Å². The fraction of sp³-hybridized carbons (Fsp3) is 0.647. The minimum absolute atomic E-state index is 0.564. The van der Waals surface area contributed by atoms with Gasteiger partial charge in [0.2, 0.25) is 0 Å². The van der Waals surface area contributed by atoms with Crippen LogP contribution in [0.4, 0.5) is 0 Å². The van der Waals surface area contributed by atoms with Gasteiger partial charge in [-0.25, -0.2) is 0 Å². The summed E-state index contributed by atoms with van der Waals surface area (Å²) in [5.41, 5.74) is 1.41. The van der Waals surface area contributed by atoms with Crippen molar-refractivity contribution in [2.24, 2.45) is 0 Å². The fourth-order valence-electron chi connectivity index (χ4n) is 2.42. The highest BCUT2D eigenvalue weighted by Crippen LogP contribution is 2.26. The van der Waals surface area contributed by atoms with Gasteiger partial charge >= 0.3 is 0 Å². The highest BCUT2D eigenvalue weighted by Gasteiger charge is 2.22. The van der Waals surface area contributed by atoms with E-state index < -0.39 is 0 Å². The average molecular weight is 356 g/mol. The number of hydrogen-bond donors (Lipinski definition) is 1. The van der Waals surface area contributed by atoms with Gasteiger partial charge in [0.05, 0.1) is 13.2 Å². The van der Waals surface area contributed by atoms with Gasteiger partial charge in [0.1, 0.15) is 0 Å². The highest BCUT2D eigenvalue weighted by atomic mass is 79.9. The number of benzene rings is 1. The zero-order valence-corrected chi connectivity index (χ0v) is 14.4. The molecule has 1 aliphatic rings. The van der Waals surface area contributed by atoms with E-state index in [0.717, 1.165) is 36.5 Å². The number of ether oxygens (including phenoxy) is 2. The Kier molecular flexibility index (Phi) is 7.72. The molecule has 1 N–H and O–H groups in total. The van der Waals surface area contributed by atoms with Crippen molar-refractivity contribution in [3.05, 3.63) is 34.3 Å². The number of nitrogens with one attached hydrogen (secondary N) is 1. The Bertz CT molecular complexity index is 410. The number of hydrogen-bond acceptors (Lipinski definition) is 3. The molecule has 0 amide bonds. The van der Waals surface area contributed by atoms with Crippen molar-refractivity contribution in [2.75, 3.05) is 33.5 Å². The number of methoxy groups -OCH3 is 1. The molecule has 0 bridgehead atoms. The van der Waals surface area contributed by atoms with Gasteiger partial charge in [0.25, 0.3) is 0 Å². The summed E-state index contributed by atoms with van der Waals surface area (Å²) < 4.78 is 11.7. The highest BCUT2D eigenvalue weighted by molar-refractivity contribution is 9.10. The first-order chi connectivity index (χ1) is 10.3. The van der Waals surface area contributed by atoms with Gasteiger partial charge in [-0.05, 0) is 49.3 Å². The zero-order chi connectivity index (χ0) is 14.9. The van der Waals surface area contributed by atoms with Gasteiger partial charge in [0, 0.05) is 30.8 Å². The Balaban J connectivity index is 1.77. The van der Waals surface area contributed by atoms with Gasteiger partial charge in [0.15, 0.2) is 0 Å². The van der Waals surface area contributed by atoms with Gasteiger partial charge in [-0.15, -0.1) is 0 Å². The maximum absolute atomic E-state index is 5.57. The van der Waals surface area contributed by atoms with Crippen molar-refractivity contribution in [2.45, 2.75) is 37.6 Å². The van der Waals surface area contributed by atoms with Gasteiger partial charge in [-0.2, -0.15) is 0 Å². The second-order valence-corrected chi connectivity index (χ2v) is 6.60. The maximum Gasteiger partial charge on any atom is 0.0700 e. The summed E-state index contributed by atoms with van der Waals surface area (Å²) in [4.78, 5) is 0. The van der Waals surface area contributed by atoms with Crippen molar-refractivity contribution < 1.29 is 9.47 Å². The smallest absolute Gasteiger partial charge is 0.0700 e. The minimum atomic E-state index is 0.564. The normalized spacial score (nSPS) is 16.1. The molecule has 0 aliphatic heterocycles. The van der Waals surface area contributed by atoms with Crippen molar-refractivity contribution >= 4 is 15.9 Å². The van der Waals surface area contributed by atoms with E-state index in [0.29, 0.717) is 19.1 Å². The van der Waals surface area contributed by atoms with Gasteiger partial charge in [-0.3, -0.25) is 0 Å². The molecule has 1 aromatic rings. The quantitative estimate of drug-likeness (QED) is 0.613. The third-order valence-corrected chi connectivity index (χ3v) is 4.32. The van der Waals surface area contributed by atoms with Crippen molar-refractivity contribution in [3.8, 4) is 0 Å². The molecule has 3 nitrogen and oxygen atoms in total. The molecule has 0 aromatic heterocycles. The van der Waals surface area contributed by atoms with Crippen LogP contribution in [0.15, 0.2) is 28.7 Å². The minimum Gasteiger partial charge on any atom is -0.382 e. The Hall–Kier alpha value is -0.420. The second kappa shape index (κ2) is 9.57. The predicted octanol–water partition coefficient (Wildman–Crippen LogP) is 3.73. The van der Waals surface area contributed by atoms with Crippen LogP contribution in [0, 0.1) is 0 Å². The largest absolute Gasteiger partial charge is 0.382 e. The van der Waals surface area contributed by atoms with Crippen molar-refractivity contribution in [1.29, 1.82) is 0 Å². The average Bonchev–Trinajstić information content (AvgIpc) is 3.30. The lowest BCUT2D eigenvalue weighted by Gasteiger charge is -2.18. The van der Waals surface area contributed by atoms with Crippen LogP contribution in [0.2, 0.25) is 0 Å². The Morgan fingerprint density at radius 3 is 2.86 bits per heavy atom. The van der Waals surface area contributed by atoms with Crippen molar-refractivity contribution in [3.63, 3.8) is 0 Å². The fourth-order valence-corrected chi connectivity index (χ4v) is 2.84. The topological polar surface area (TPSA) is 30.5 Å². The van der Waals surface area contributed by atoms with E-state index in [9.17, 15) is 0 Å². The molecule has 118 valence electrons. The number of halogens is 1. The Labute approximate surface area is 136 Å². The van der Waals surface area contributed by atoms with Crippen molar-refractivity contribution in [1.82, 2.24) is 5.32 Å². The molecule has 0 spiro atoms. The maximum atomic E-state index is 5.57. The van der Waals surface area contributed by atoms with Gasteiger partial charge in [-0.1, -0.05) is 28.1 Å². The standard InChI is InChI=1S/C17H26BrNO2/c1-20-10-11-21-9-3-5-15(13-19-17-7-8-17)14-4-2-6-16(18)12-14/h2,4,6,12,15,17,19H,3,5,7-11,13H2,1H3. The molecule has 1 fully saturated rings.